The van der Waals surface area contributed by atoms with Crippen LogP contribution in [0.3, 0.4) is 0 Å². The molecule has 15 heavy (non-hydrogen) atoms. The van der Waals surface area contributed by atoms with E-state index >= 15 is 0 Å². The third kappa shape index (κ3) is 1.31. The molecule has 1 N–H and O–H groups in total. The molecular formula is C10H12N2O3. The number of aliphatic hydroxyl groups is 1. The first-order valence-corrected chi connectivity index (χ1v) is 5.12. The summed E-state index contributed by atoms with van der Waals surface area (Å²) in [7, 11) is 0. The fourth-order valence-corrected chi connectivity index (χ4v) is 2.48. The fourth-order valence-electron chi connectivity index (χ4n) is 2.48. The normalized spacial score (nSPS) is 32.7. The zero-order valence-corrected chi connectivity index (χ0v) is 8.17. The second-order valence-electron chi connectivity index (χ2n) is 4.12. The van der Waals surface area contributed by atoms with E-state index in [2.05, 4.69) is 4.98 Å². The fraction of sp³-hybridized carbons (Fsp3) is 0.600. The van der Waals surface area contributed by atoms with Gasteiger partial charge in [0.2, 0.25) is 0 Å². The zero-order valence-electron chi connectivity index (χ0n) is 8.17. The van der Waals surface area contributed by atoms with E-state index < -0.39 is 0 Å². The average molecular weight is 208 g/mol. The molecule has 1 aromatic rings. The molecule has 1 saturated heterocycles. The Bertz CT molecular complexity index is 443. The maximum absolute atomic E-state index is 11.1. The van der Waals surface area contributed by atoms with E-state index in [1.54, 1.807) is 6.20 Å². The summed E-state index contributed by atoms with van der Waals surface area (Å²) >= 11 is 0. The predicted octanol–water partition coefficient (Wildman–Crippen LogP) is -0.305. The molecule has 1 aromatic heterocycles. The minimum Gasteiger partial charge on any atom is -0.394 e. The molecule has 3 unspecified atom stereocenters. The molecule has 0 amide bonds. The Morgan fingerprint density at radius 3 is 3.33 bits per heavy atom. The standard InChI is InChI=1S/C10H12N2O3/c13-5-7-3-6-4-8-11-9(14)1-2-12(8)10(6)15-7/h1-2,6-7,10,13H,3-5H2. The molecule has 0 bridgehead atoms. The third-order valence-corrected chi connectivity index (χ3v) is 3.14. The summed E-state index contributed by atoms with van der Waals surface area (Å²) in [6, 6.07) is 1.45. The highest BCUT2D eigenvalue weighted by atomic mass is 16.5. The summed E-state index contributed by atoms with van der Waals surface area (Å²) in [6.45, 7) is 0.0654. The van der Waals surface area contributed by atoms with Crippen molar-refractivity contribution in [3.05, 3.63) is 28.4 Å². The van der Waals surface area contributed by atoms with Crippen LogP contribution in [0, 0.1) is 5.92 Å². The minimum absolute atomic E-state index is 0.0368. The highest BCUT2D eigenvalue weighted by Crippen LogP contribution is 2.40. The van der Waals surface area contributed by atoms with Crippen LogP contribution in [0.4, 0.5) is 0 Å². The number of aromatic nitrogens is 2. The van der Waals surface area contributed by atoms with Gasteiger partial charge in [0.25, 0.3) is 5.56 Å². The molecule has 0 aliphatic carbocycles. The minimum atomic E-state index is -0.195. The van der Waals surface area contributed by atoms with Gasteiger partial charge in [-0.25, -0.2) is 0 Å². The predicted molar refractivity (Wildman–Crippen MR) is 51.3 cm³/mol. The van der Waals surface area contributed by atoms with Crippen molar-refractivity contribution in [1.29, 1.82) is 0 Å². The van der Waals surface area contributed by atoms with Crippen molar-refractivity contribution in [1.82, 2.24) is 9.55 Å². The lowest BCUT2D eigenvalue weighted by molar-refractivity contribution is -0.0262. The number of rotatable bonds is 1. The van der Waals surface area contributed by atoms with Crippen LogP contribution in [-0.2, 0) is 11.2 Å². The molecule has 5 nitrogen and oxygen atoms in total. The van der Waals surface area contributed by atoms with Gasteiger partial charge in [-0.2, -0.15) is 4.98 Å². The van der Waals surface area contributed by atoms with Gasteiger partial charge in [0.05, 0.1) is 12.7 Å². The maximum atomic E-state index is 11.1. The molecule has 3 rings (SSSR count). The molecule has 3 heterocycles. The van der Waals surface area contributed by atoms with E-state index in [1.165, 1.54) is 6.07 Å². The molecule has 0 radical (unpaired) electrons. The molecule has 0 saturated carbocycles. The number of fused-ring (bicyclic) bond motifs is 3. The molecule has 1 fully saturated rings. The van der Waals surface area contributed by atoms with Crippen molar-refractivity contribution in [2.75, 3.05) is 6.61 Å². The maximum Gasteiger partial charge on any atom is 0.272 e. The van der Waals surface area contributed by atoms with Crippen LogP contribution in [0.25, 0.3) is 0 Å². The topological polar surface area (TPSA) is 64.4 Å². The van der Waals surface area contributed by atoms with Crippen molar-refractivity contribution in [3.63, 3.8) is 0 Å². The molecular weight excluding hydrogens is 196 g/mol. The van der Waals surface area contributed by atoms with Gasteiger partial charge in [0, 0.05) is 24.6 Å². The van der Waals surface area contributed by atoms with Crippen LogP contribution in [0.5, 0.6) is 0 Å². The van der Waals surface area contributed by atoms with Crippen molar-refractivity contribution >= 4 is 0 Å². The lowest BCUT2D eigenvalue weighted by Gasteiger charge is -2.14. The Kier molecular flexibility index (Phi) is 1.90. The van der Waals surface area contributed by atoms with E-state index in [9.17, 15) is 4.79 Å². The van der Waals surface area contributed by atoms with Gasteiger partial charge in [-0.05, 0) is 6.42 Å². The van der Waals surface area contributed by atoms with E-state index in [0.717, 1.165) is 18.7 Å². The second kappa shape index (κ2) is 3.15. The Labute approximate surface area is 86.3 Å². The van der Waals surface area contributed by atoms with Crippen molar-refractivity contribution in [3.8, 4) is 0 Å². The largest absolute Gasteiger partial charge is 0.394 e. The monoisotopic (exact) mass is 208 g/mol. The number of hydrogen-bond acceptors (Lipinski definition) is 4. The molecule has 0 spiro atoms. The highest BCUT2D eigenvalue weighted by Gasteiger charge is 2.41. The zero-order chi connectivity index (χ0) is 10.4. The van der Waals surface area contributed by atoms with Crippen molar-refractivity contribution in [2.45, 2.75) is 25.2 Å². The number of nitrogens with zero attached hydrogens (tertiary/aromatic N) is 2. The third-order valence-electron chi connectivity index (χ3n) is 3.14. The molecule has 80 valence electrons. The van der Waals surface area contributed by atoms with E-state index in [-0.39, 0.29) is 24.5 Å². The SMILES string of the molecule is O=c1ccn2c(n1)CC1CC(CO)OC12. The first-order chi connectivity index (χ1) is 7.28. The molecule has 0 aromatic carbocycles. The average Bonchev–Trinajstić information content (AvgIpc) is 2.73. The van der Waals surface area contributed by atoms with Gasteiger partial charge in [-0.3, -0.25) is 4.79 Å². The van der Waals surface area contributed by atoms with E-state index in [0.29, 0.717) is 5.92 Å². The quantitative estimate of drug-likeness (QED) is 0.688. The summed E-state index contributed by atoms with van der Waals surface area (Å²) in [5, 5.41) is 9.01. The number of hydrogen-bond donors (Lipinski definition) is 1. The molecule has 5 heteroatoms. The number of ether oxygens (including phenoxy) is 1. The summed E-state index contributed by atoms with van der Waals surface area (Å²) in [5.74, 6) is 1.16. The first kappa shape index (κ1) is 9.06. The van der Waals surface area contributed by atoms with Crippen LogP contribution < -0.4 is 5.56 Å². The van der Waals surface area contributed by atoms with Gasteiger partial charge in [-0.1, -0.05) is 0 Å². The summed E-state index contributed by atoms with van der Waals surface area (Å²) in [6.07, 6.45) is 3.25. The summed E-state index contributed by atoms with van der Waals surface area (Å²) in [5.41, 5.74) is -0.195. The van der Waals surface area contributed by atoms with Gasteiger partial charge in [-0.15, -0.1) is 0 Å². The Morgan fingerprint density at radius 1 is 1.67 bits per heavy atom. The van der Waals surface area contributed by atoms with Crippen LogP contribution in [0.2, 0.25) is 0 Å². The smallest absolute Gasteiger partial charge is 0.272 e. The van der Waals surface area contributed by atoms with E-state index in [4.69, 9.17) is 9.84 Å². The van der Waals surface area contributed by atoms with Crippen LogP contribution >= 0.6 is 0 Å². The summed E-state index contributed by atoms with van der Waals surface area (Å²) < 4.78 is 7.58. The Hall–Kier alpha value is -1.20. The van der Waals surface area contributed by atoms with Gasteiger partial charge in [0.1, 0.15) is 12.1 Å². The lowest BCUT2D eigenvalue weighted by atomic mass is 10.0. The van der Waals surface area contributed by atoms with Crippen LogP contribution in [-0.4, -0.2) is 27.4 Å². The van der Waals surface area contributed by atoms with Gasteiger partial charge in [0.15, 0.2) is 0 Å². The van der Waals surface area contributed by atoms with Gasteiger partial charge >= 0.3 is 0 Å². The summed E-state index contributed by atoms with van der Waals surface area (Å²) in [4.78, 5) is 15.0. The van der Waals surface area contributed by atoms with Gasteiger partial charge < -0.3 is 14.4 Å². The lowest BCUT2D eigenvalue weighted by Crippen LogP contribution is -2.18. The van der Waals surface area contributed by atoms with Crippen LogP contribution in [0.1, 0.15) is 18.5 Å². The first-order valence-electron chi connectivity index (χ1n) is 5.12. The van der Waals surface area contributed by atoms with Crippen molar-refractivity contribution in [2.24, 2.45) is 5.92 Å². The van der Waals surface area contributed by atoms with E-state index in [1.807, 2.05) is 4.57 Å². The van der Waals surface area contributed by atoms with Crippen LogP contribution in [0.15, 0.2) is 17.1 Å². The molecule has 2 aliphatic rings. The Morgan fingerprint density at radius 2 is 2.53 bits per heavy atom. The second-order valence-corrected chi connectivity index (χ2v) is 4.12. The number of aliphatic hydroxyl groups excluding tert-OH is 1. The Balaban J connectivity index is 1.96. The molecule has 3 atom stereocenters. The van der Waals surface area contributed by atoms with Crippen molar-refractivity contribution < 1.29 is 9.84 Å². The molecule has 2 aliphatic heterocycles. The highest BCUT2D eigenvalue weighted by molar-refractivity contribution is 5.05.